The lowest BCUT2D eigenvalue weighted by Crippen LogP contribution is -2.14. The standard InChI is InChI=1S/C12H12BrClN4O2S/c1-2-15-12-16-6-9(7-17-12)21(19,20)18-8-3-4-11(14)10(13)5-8/h3-7,18H,2H2,1H3,(H,15,16,17). The molecule has 1 aromatic carbocycles. The summed E-state index contributed by atoms with van der Waals surface area (Å²) in [6, 6.07) is 4.74. The molecule has 1 heterocycles. The lowest BCUT2D eigenvalue weighted by Gasteiger charge is -2.09. The summed E-state index contributed by atoms with van der Waals surface area (Å²) in [4.78, 5) is 7.85. The van der Waals surface area contributed by atoms with Gasteiger partial charge >= 0.3 is 0 Å². The molecule has 2 aromatic rings. The fourth-order valence-corrected chi connectivity index (χ4v) is 2.91. The zero-order valence-corrected chi connectivity index (χ0v) is 14.1. The fraction of sp³-hybridized carbons (Fsp3) is 0.167. The molecule has 0 spiro atoms. The van der Waals surface area contributed by atoms with Crippen LogP contribution in [-0.2, 0) is 10.0 Å². The molecule has 0 aliphatic heterocycles. The van der Waals surface area contributed by atoms with Crippen LogP contribution in [0, 0.1) is 0 Å². The minimum absolute atomic E-state index is 0.0183. The summed E-state index contributed by atoms with van der Waals surface area (Å²) in [5.74, 6) is 0.380. The molecule has 2 N–H and O–H groups in total. The van der Waals surface area contributed by atoms with Gasteiger partial charge in [-0.25, -0.2) is 18.4 Å². The number of rotatable bonds is 5. The third-order valence-corrected chi connectivity index (χ3v) is 4.99. The van der Waals surface area contributed by atoms with E-state index in [9.17, 15) is 8.42 Å². The van der Waals surface area contributed by atoms with Gasteiger partial charge in [0.15, 0.2) is 0 Å². The molecule has 0 saturated carbocycles. The number of benzene rings is 1. The van der Waals surface area contributed by atoms with E-state index in [1.807, 2.05) is 6.92 Å². The van der Waals surface area contributed by atoms with Crippen molar-refractivity contribution in [1.82, 2.24) is 9.97 Å². The number of hydrogen-bond acceptors (Lipinski definition) is 5. The Bertz CT molecular complexity index is 737. The Kier molecular flexibility index (Phi) is 5.02. The largest absolute Gasteiger partial charge is 0.355 e. The molecule has 0 saturated heterocycles. The van der Waals surface area contributed by atoms with E-state index in [4.69, 9.17) is 11.6 Å². The molecule has 0 fully saturated rings. The molecule has 112 valence electrons. The molecule has 0 radical (unpaired) electrons. The quantitative estimate of drug-likeness (QED) is 0.818. The highest BCUT2D eigenvalue weighted by Gasteiger charge is 2.16. The van der Waals surface area contributed by atoms with E-state index in [-0.39, 0.29) is 4.90 Å². The van der Waals surface area contributed by atoms with Gasteiger partial charge in [0.05, 0.1) is 23.1 Å². The Morgan fingerprint density at radius 1 is 1.29 bits per heavy atom. The van der Waals surface area contributed by atoms with Gasteiger partial charge in [-0.2, -0.15) is 0 Å². The van der Waals surface area contributed by atoms with E-state index in [0.717, 1.165) is 0 Å². The third kappa shape index (κ3) is 4.05. The maximum atomic E-state index is 12.2. The van der Waals surface area contributed by atoms with E-state index in [1.54, 1.807) is 18.2 Å². The first-order valence-corrected chi connectivity index (χ1v) is 8.61. The average molecular weight is 392 g/mol. The van der Waals surface area contributed by atoms with Gasteiger partial charge in [0.1, 0.15) is 4.90 Å². The smallest absolute Gasteiger partial charge is 0.264 e. The molecule has 0 aliphatic rings. The normalized spacial score (nSPS) is 11.2. The van der Waals surface area contributed by atoms with Crippen molar-refractivity contribution in [3.63, 3.8) is 0 Å². The minimum atomic E-state index is -3.74. The fourth-order valence-electron chi connectivity index (χ4n) is 1.48. The molecule has 0 atom stereocenters. The van der Waals surface area contributed by atoms with Crippen molar-refractivity contribution >= 4 is 49.2 Å². The van der Waals surface area contributed by atoms with Crippen molar-refractivity contribution in [2.24, 2.45) is 0 Å². The predicted molar refractivity (Wildman–Crippen MR) is 86.2 cm³/mol. The first-order chi connectivity index (χ1) is 9.92. The van der Waals surface area contributed by atoms with Crippen molar-refractivity contribution in [2.45, 2.75) is 11.8 Å². The second kappa shape index (κ2) is 6.59. The van der Waals surface area contributed by atoms with Crippen LogP contribution in [0.4, 0.5) is 11.6 Å². The Labute approximate surface area is 136 Å². The Morgan fingerprint density at radius 2 is 1.95 bits per heavy atom. The second-order valence-electron chi connectivity index (χ2n) is 4.01. The van der Waals surface area contributed by atoms with E-state index in [0.29, 0.717) is 27.7 Å². The number of sulfonamides is 1. The Hall–Kier alpha value is -1.38. The van der Waals surface area contributed by atoms with Crippen LogP contribution < -0.4 is 10.0 Å². The molecule has 21 heavy (non-hydrogen) atoms. The van der Waals surface area contributed by atoms with Crippen LogP contribution in [0.3, 0.4) is 0 Å². The predicted octanol–water partition coefficient (Wildman–Crippen LogP) is 3.13. The third-order valence-electron chi connectivity index (χ3n) is 2.45. The van der Waals surface area contributed by atoms with Gasteiger partial charge in [-0.1, -0.05) is 11.6 Å². The molecule has 6 nitrogen and oxygen atoms in total. The summed E-state index contributed by atoms with van der Waals surface area (Å²) in [5, 5.41) is 3.39. The Balaban J connectivity index is 2.23. The summed E-state index contributed by atoms with van der Waals surface area (Å²) in [6.45, 7) is 2.55. The van der Waals surface area contributed by atoms with E-state index < -0.39 is 10.0 Å². The summed E-state index contributed by atoms with van der Waals surface area (Å²) in [7, 11) is -3.74. The molecule has 0 aliphatic carbocycles. The van der Waals surface area contributed by atoms with Crippen molar-refractivity contribution in [3.05, 3.63) is 40.1 Å². The molecule has 0 amide bonds. The maximum Gasteiger partial charge on any atom is 0.264 e. The number of nitrogens with zero attached hydrogens (tertiary/aromatic N) is 2. The van der Waals surface area contributed by atoms with Gasteiger partial charge in [0, 0.05) is 11.0 Å². The number of nitrogens with one attached hydrogen (secondary N) is 2. The van der Waals surface area contributed by atoms with E-state index >= 15 is 0 Å². The molecular weight excluding hydrogens is 380 g/mol. The molecule has 0 unspecified atom stereocenters. The monoisotopic (exact) mass is 390 g/mol. The SMILES string of the molecule is CCNc1ncc(S(=O)(=O)Nc2ccc(Cl)c(Br)c2)cn1. The zero-order valence-electron chi connectivity index (χ0n) is 11.0. The van der Waals surface area contributed by atoms with Crippen LogP contribution in [0.1, 0.15) is 6.92 Å². The molecule has 1 aromatic heterocycles. The van der Waals surface area contributed by atoms with Gasteiger partial charge in [-0.3, -0.25) is 4.72 Å². The first kappa shape index (κ1) is 16.0. The molecule has 9 heteroatoms. The topological polar surface area (TPSA) is 84.0 Å². The van der Waals surface area contributed by atoms with Gasteiger partial charge < -0.3 is 5.32 Å². The van der Waals surface area contributed by atoms with Gasteiger partial charge in [0.25, 0.3) is 10.0 Å². The minimum Gasteiger partial charge on any atom is -0.355 e. The molecule has 2 rings (SSSR count). The number of anilines is 2. The van der Waals surface area contributed by atoms with Crippen molar-refractivity contribution in [3.8, 4) is 0 Å². The van der Waals surface area contributed by atoms with Crippen molar-refractivity contribution in [2.75, 3.05) is 16.6 Å². The van der Waals surface area contributed by atoms with Gasteiger partial charge in [0.2, 0.25) is 5.95 Å². The summed E-state index contributed by atoms with van der Waals surface area (Å²) in [6.07, 6.45) is 2.50. The van der Waals surface area contributed by atoms with E-state index in [1.165, 1.54) is 12.4 Å². The Morgan fingerprint density at radius 3 is 2.52 bits per heavy atom. The molecule has 0 bridgehead atoms. The second-order valence-corrected chi connectivity index (χ2v) is 6.95. The highest BCUT2D eigenvalue weighted by molar-refractivity contribution is 9.10. The lowest BCUT2D eigenvalue weighted by atomic mass is 10.3. The maximum absolute atomic E-state index is 12.2. The van der Waals surface area contributed by atoms with Crippen LogP contribution >= 0.6 is 27.5 Å². The lowest BCUT2D eigenvalue weighted by molar-refractivity contribution is 0.600. The van der Waals surface area contributed by atoms with E-state index in [2.05, 4.69) is 35.9 Å². The highest BCUT2D eigenvalue weighted by Crippen LogP contribution is 2.26. The highest BCUT2D eigenvalue weighted by atomic mass is 79.9. The number of aromatic nitrogens is 2. The number of halogens is 2. The van der Waals surface area contributed by atoms with Crippen molar-refractivity contribution in [1.29, 1.82) is 0 Å². The number of hydrogen-bond donors (Lipinski definition) is 2. The van der Waals surface area contributed by atoms with Gasteiger partial charge in [-0.05, 0) is 41.1 Å². The van der Waals surface area contributed by atoms with Crippen LogP contribution in [0.2, 0.25) is 5.02 Å². The average Bonchev–Trinajstić information content (AvgIpc) is 2.44. The van der Waals surface area contributed by atoms with Crippen LogP contribution in [0.15, 0.2) is 40.0 Å². The zero-order chi connectivity index (χ0) is 15.5. The first-order valence-electron chi connectivity index (χ1n) is 5.96. The molecular formula is C12H12BrClN4O2S. The summed E-state index contributed by atoms with van der Waals surface area (Å²) in [5.41, 5.74) is 0.391. The summed E-state index contributed by atoms with van der Waals surface area (Å²) >= 11 is 9.10. The summed E-state index contributed by atoms with van der Waals surface area (Å²) < 4.78 is 27.5. The van der Waals surface area contributed by atoms with Crippen LogP contribution in [0.5, 0.6) is 0 Å². The van der Waals surface area contributed by atoms with Crippen molar-refractivity contribution < 1.29 is 8.42 Å². The van der Waals surface area contributed by atoms with Gasteiger partial charge in [-0.15, -0.1) is 0 Å². The van der Waals surface area contributed by atoms with Crippen LogP contribution in [-0.4, -0.2) is 24.9 Å². The van der Waals surface area contributed by atoms with Crippen LogP contribution in [0.25, 0.3) is 0 Å².